The molecule has 5 rings (SSSR count). The highest BCUT2D eigenvalue weighted by atomic mass is 79.9. The number of piperazine rings is 1. The van der Waals surface area contributed by atoms with E-state index in [1.165, 1.54) is 11.1 Å². The number of rotatable bonds is 4. The number of pyridine rings is 1. The van der Waals surface area contributed by atoms with Crippen LogP contribution < -0.4 is 10.2 Å². The number of carbonyl (C=O) groups is 2. The van der Waals surface area contributed by atoms with E-state index >= 15 is 0 Å². The zero-order valence-corrected chi connectivity index (χ0v) is 20.5. The maximum Gasteiger partial charge on any atom is 0.243 e. The average molecular weight is 534 g/mol. The van der Waals surface area contributed by atoms with Crippen LogP contribution in [0.25, 0.3) is 0 Å². The summed E-state index contributed by atoms with van der Waals surface area (Å²) < 4.78 is 14.6. The topological polar surface area (TPSA) is 68.8 Å². The van der Waals surface area contributed by atoms with Crippen LogP contribution in [0.1, 0.15) is 34.9 Å². The van der Waals surface area contributed by atoms with Crippen molar-refractivity contribution in [1.82, 2.24) is 20.1 Å². The highest BCUT2D eigenvalue weighted by molar-refractivity contribution is 9.10. The number of thiol groups is 1. The maximum absolute atomic E-state index is 14.4. The summed E-state index contributed by atoms with van der Waals surface area (Å²) in [6, 6.07) is 7.84. The van der Waals surface area contributed by atoms with Gasteiger partial charge in [-0.25, -0.2) is 9.37 Å². The monoisotopic (exact) mass is 533 g/mol. The van der Waals surface area contributed by atoms with Crippen LogP contribution in [0.2, 0.25) is 0 Å². The van der Waals surface area contributed by atoms with Gasteiger partial charge in [0.25, 0.3) is 0 Å². The van der Waals surface area contributed by atoms with E-state index in [1.807, 2.05) is 0 Å². The first-order valence-corrected chi connectivity index (χ1v) is 12.4. The fourth-order valence-corrected chi connectivity index (χ4v) is 5.73. The largest absolute Gasteiger partial charge is 0.366 e. The summed E-state index contributed by atoms with van der Waals surface area (Å²) in [5.74, 6) is -0.746. The van der Waals surface area contributed by atoms with Gasteiger partial charge in [-0.1, -0.05) is 18.2 Å². The van der Waals surface area contributed by atoms with E-state index in [0.717, 1.165) is 38.3 Å². The molecule has 2 saturated heterocycles. The Labute approximate surface area is 205 Å². The van der Waals surface area contributed by atoms with Gasteiger partial charge < -0.3 is 4.90 Å². The van der Waals surface area contributed by atoms with Crippen LogP contribution in [0.4, 0.5) is 10.1 Å². The quantitative estimate of drug-likeness (QED) is 0.358. The molecule has 2 aromatic rings. The fraction of sp³-hybridized carbons (Fsp3) is 0.435. The smallest absolute Gasteiger partial charge is 0.243 e. The van der Waals surface area contributed by atoms with Crippen molar-refractivity contribution in [3.63, 3.8) is 0 Å². The molecule has 0 bridgehead atoms. The number of nitrogens with one attached hydrogen (secondary N) is 1. The van der Waals surface area contributed by atoms with Crippen molar-refractivity contribution in [2.75, 3.05) is 31.1 Å². The molecule has 1 aromatic heterocycles. The number of benzene rings is 1. The summed E-state index contributed by atoms with van der Waals surface area (Å²) in [6.45, 7) is 4.63. The van der Waals surface area contributed by atoms with Crippen molar-refractivity contribution in [3.8, 4) is 0 Å². The number of piperidine rings is 1. The Balaban J connectivity index is 1.22. The summed E-state index contributed by atoms with van der Waals surface area (Å²) in [6.07, 6.45) is 2.51. The molecule has 3 aliphatic rings. The number of nitrogens with zero attached hydrogens (tertiary/aromatic N) is 4. The Morgan fingerprint density at radius 1 is 1.18 bits per heavy atom. The lowest BCUT2D eigenvalue weighted by atomic mass is 10.0. The predicted octanol–water partition coefficient (Wildman–Crippen LogP) is 2.85. The zero-order chi connectivity index (χ0) is 23.1. The van der Waals surface area contributed by atoms with Crippen LogP contribution in [0.5, 0.6) is 0 Å². The number of imide groups is 1. The van der Waals surface area contributed by atoms with Crippen LogP contribution in [0.15, 0.2) is 35.1 Å². The molecule has 3 aliphatic heterocycles. The van der Waals surface area contributed by atoms with Crippen LogP contribution in [-0.2, 0) is 22.7 Å². The van der Waals surface area contributed by atoms with Gasteiger partial charge in [0.2, 0.25) is 11.8 Å². The molecule has 0 aliphatic carbocycles. The fourth-order valence-electron chi connectivity index (χ4n) is 4.93. The average Bonchev–Trinajstić information content (AvgIpc) is 3.12. The normalized spacial score (nSPS) is 24.2. The molecular weight excluding hydrogens is 509 g/mol. The predicted molar refractivity (Wildman–Crippen MR) is 129 cm³/mol. The molecule has 2 fully saturated rings. The minimum Gasteiger partial charge on any atom is -0.366 e. The number of hydrogen-bond donors (Lipinski definition) is 2. The molecule has 33 heavy (non-hydrogen) atoms. The second-order valence-electron chi connectivity index (χ2n) is 8.74. The Morgan fingerprint density at radius 2 is 1.97 bits per heavy atom. The first-order valence-electron chi connectivity index (χ1n) is 11.1. The van der Waals surface area contributed by atoms with Crippen LogP contribution in [0, 0.1) is 5.82 Å². The Bertz CT molecular complexity index is 1090. The number of fused-ring (bicyclic) bond motifs is 1. The molecule has 1 N–H and O–H groups in total. The van der Waals surface area contributed by atoms with Crippen molar-refractivity contribution in [3.05, 3.63) is 57.6 Å². The van der Waals surface area contributed by atoms with Crippen molar-refractivity contribution in [2.24, 2.45) is 0 Å². The number of hydrogen-bond acceptors (Lipinski definition) is 7. The molecule has 4 heterocycles. The molecule has 0 spiro atoms. The van der Waals surface area contributed by atoms with E-state index < -0.39 is 0 Å². The van der Waals surface area contributed by atoms with E-state index in [9.17, 15) is 14.0 Å². The molecule has 2 atom stereocenters. The first kappa shape index (κ1) is 22.8. The summed E-state index contributed by atoms with van der Waals surface area (Å²) >= 11 is 7.98. The molecule has 174 valence electrons. The van der Waals surface area contributed by atoms with Crippen LogP contribution in [0.3, 0.4) is 0 Å². The Hall–Kier alpha value is -2.01. The van der Waals surface area contributed by atoms with E-state index in [4.69, 9.17) is 12.6 Å². The number of carbonyl (C=O) groups excluding carboxylic acids is 2. The lowest BCUT2D eigenvalue weighted by molar-refractivity contribution is -0.137. The highest BCUT2D eigenvalue weighted by Crippen LogP contribution is 2.39. The maximum atomic E-state index is 14.4. The molecule has 10 heteroatoms. The van der Waals surface area contributed by atoms with Gasteiger partial charge in [-0.05, 0) is 45.1 Å². The Kier molecular flexibility index (Phi) is 6.43. The summed E-state index contributed by atoms with van der Waals surface area (Å²) in [5, 5.41) is 2.27. The van der Waals surface area contributed by atoms with Gasteiger partial charge in [0.15, 0.2) is 5.82 Å². The third-order valence-electron chi connectivity index (χ3n) is 6.71. The standard InChI is InChI=1S/C23H25BrFN5O2S/c24-21-20(25)17(5-6-26-21)29-9-7-28(8-10-29)12-14-1-2-15-13-30(23(33)16(15)11-14)18-3-4-19(31)27-22(18)32/h1-2,5-6,11,18,23,33H,3-4,7-10,12-13H2,(H,27,31,32). The van der Waals surface area contributed by atoms with E-state index in [1.54, 1.807) is 12.3 Å². The van der Waals surface area contributed by atoms with Gasteiger partial charge in [-0.3, -0.25) is 24.7 Å². The van der Waals surface area contributed by atoms with E-state index in [-0.39, 0.29) is 33.7 Å². The van der Waals surface area contributed by atoms with Crippen LogP contribution in [-0.4, -0.2) is 58.8 Å². The minimum absolute atomic E-state index is 0.172. The SMILES string of the molecule is O=C1CCC(N2Cc3ccc(CN4CCN(c5ccnc(Br)c5F)CC4)cc3C2S)C(=O)N1. The van der Waals surface area contributed by atoms with Crippen LogP contribution >= 0.6 is 28.6 Å². The lowest BCUT2D eigenvalue weighted by Gasteiger charge is -2.36. The second kappa shape index (κ2) is 9.32. The molecule has 7 nitrogen and oxygen atoms in total. The van der Waals surface area contributed by atoms with Gasteiger partial charge in [0.1, 0.15) is 4.60 Å². The molecule has 2 amide bonds. The third-order valence-corrected chi connectivity index (χ3v) is 7.84. The van der Waals surface area contributed by atoms with Gasteiger partial charge in [-0.2, -0.15) is 12.6 Å². The lowest BCUT2D eigenvalue weighted by Crippen LogP contribution is -2.51. The summed E-state index contributed by atoms with van der Waals surface area (Å²) in [7, 11) is 0. The Morgan fingerprint density at radius 3 is 2.73 bits per heavy atom. The van der Waals surface area contributed by atoms with Crippen molar-refractivity contribution < 1.29 is 14.0 Å². The van der Waals surface area contributed by atoms with Crippen molar-refractivity contribution >= 4 is 46.1 Å². The number of anilines is 1. The second-order valence-corrected chi connectivity index (χ2v) is 9.98. The highest BCUT2D eigenvalue weighted by Gasteiger charge is 2.39. The van der Waals surface area contributed by atoms with Gasteiger partial charge in [0, 0.05) is 51.9 Å². The molecule has 0 radical (unpaired) electrons. The molecule has 1 aromatic carbocycles. The molecular formula is C23H25BrFN5O2S. The van der Waals surface area contributed by atoms with Gasteiger partial charge >= 0.3 is 0 Å². The third kappa shape index (κ3) is 4.53. The van der Waals surface area contributed by atoms with Gasteiger partial charge in [-0.15, -0.1) is 0 Å². The van der Waals surface area contributed by atoms with Crippen molar-refractivity contribution in [1.29, 1.82) is 0 Å². The number of halogens is 2. The number of amides is 2. The molecule has 2 unspecified atom stereocenters. The molecule has 0 saturated carbocycles. The number of aromatic nitrogens is 1. The minimum atomic E-state index is -0.331. The summed E-state index contributed by atoms with van der Waals surface area (Å²) in [4.78, 5) is 34.3. The first-order chi connectivity index (χ1) is 15.9. The van der Waals surface area contributed by atoms with Crippen molar-refractivity contribution in [2.45, 2.75) is 37.3 Å². The van der Waals surface area contributed by atoms with E-state index in [0.29, 0.717) is 25.1 Å². The summed E-state index contributed by atoms with van der Waals surface area (Å²) in [5.41, 5.74) is 4.08. The van der Waals surface area contributed by atoms with Gasteiger partial charge in [0.05, 0.1) is 17.1 Å². The van der Waals surface area contributed by atoms with E-state index in [2.05, 4.69) is 59.1 Å². The zero-order valence-electron chi connectivity index (χ0n) is 18.0.